The van der Waals surface area contributed by atoms with Crippen LogP contribution < -0.4 is 10.6 Å². The van der Waals surface area contributed by atoms with Gasteiger partial charge in [0.2, 0.25) is 0 Å². The molecule has 1 unspecified atom stereocenters. The smallest absolute Gasteiger partial charge is 0.192 e. The molecule has 0 spiro atoms. The molecule has 3 nitrogen and oxygen atoms in total. The van der Waals surface area contributed by atoms with Crippen LogP contribution in [0.1, 0.15) is 34.6 Å². The van der Waals surface area contributed by atoms with E-state index < -0.39 is 0 Å². The quantitative estimate of drug-likeness (QED) is 0.678. The lowest BCUT2D eigenvalue weighted by Gasteiger charge is -2.31. The fourth-order valence-corrected chi connectivity index (χ4v) is 1.08. The summed E-state index contributed by atoms with van der Waals surface area (Å²) in [5, 5.41) is 6.73. The third kappa shape index (κ3) is 2.61. The zero-order valence-electron chi connectivity index (χ0n) is 9.31. The average molecular weight is 183 g/mol. The number of hydrogen-bond acceptors (Lipinski definition) is 3. The fourth-order valence-electron chi connectivity index (χ4n) is 1.08. The molecule has 0 amide bonds. The molecule has 1 rings (SSSR count). The molecule has 3 heteroatoms. The van der Waals surface area contributed by atoms with Gasteiger partial charge in [0.1, 0.15) is 0 Å². The van der Waals surface area contributed by atoms with Gasteiger partial charge in [-0.05, 0) is 26.7 Å². The molecule has 1 aliphatic heterocycles. The zero-order valence-corrected chi connectivity index (χ0v) is 9.31. The number of rotatable bonds is 2. The third-order valence-corrected chi connectivity index (χ3v) is 2.79. The van der Waals surface area contributed by atoms with Gasteiger partial charge in [0.15, 0.2) is 5.96 Å². The number of hydrogen-bond donors (Lipinski definition) is 2. The summed E-state index contributed by atoms with van der Waals surface area (Å²) in [7, 11) is 0. The van der Waals surface area contributed by atoms with E-state index in [1.54, 1.807) is 0 Å². The molecule has 0 aliphatic carbocycles. The predicted octanol–water partition coefficient (Wildman–Crippen LogP) is 1.36. The van der Waals surface area contributed by atoms with E-state index in [0.29, 0.717) is 12.0 Å². The molecule has 0 aromatic heterocycles. The largest absolute Gasteiger partial charge is 0.352 e. The van der Waals surface area contributed by atoms with Crippen LogP contribution in [0.15, 0.2) is 4.99 Å². The topological polar surface area (TPSA) is 36.4 Å². The summed E-state index contributed by atoms with van der Waals surface area (Å²) >= 11 is 0. The lowest BCUT2D eigenvalue weighted by molar-refractivity contribution is 0.331. The van der Waals surface area contributed by atoms with E-state index in [9.17, 15) is 0 Å². The SMILES string of the molecule is CC1CN=C(NC(C)(C)C(C)C)N1. The Balaban J connectivity index is 2.49. The van der Waals surface area contributed by atoms with Gasteiger partial charge in [-0.1, -0.05) is 13.8 Å². The molecule has 1 atom stereocenters. The molecule has 0 aromatic carbocycles. The zero-order chi connectivity index (χ0) is 10.1. The van der Waals surface area contributed by atoms with Gasteiger partial charge in [0, 0.05) is 11.6 Å². The predicted molar refractivity (Wildman–Crippen MR) is 57.0 cm³/mol. The molecule has 1 aliphatic rings. The van der Waals surface area contributed by atoms with Crippen molar-refractivity contribution in [1.82, 2.24) is 10.6 Å². The third-order valence-electron chi connectivity index (χ3n) is 2.79. The summed E-state index contributed by atoms with van der Waals surface area (Å²) < 4.78 is 0. The Morgan fingerprint density at radius 1 is 1.54 bits per heavy atom. The summed E-state index contributed by atoms with van der Waals surface area (Å²) in [6.07, 6.45) is 0. The van der Waals surface area contributed by atoms with E-state index in [0.717, 1.165) is 12.5 Å². The van der Waals surface area contributed by atoms with Crippen molar-refractivity contribution in [2.24, 2.45) is 10.9 Å². The van der Waals surface area contributed by atoms with Crippen molar-refractivity contribution < 1.29 is 0 Å². The maximum absolute atomic E-state index is 4.38. The van der Waals surface area contributed by atoms with Crippen LogP contribution in [0.2, 0.25) is 0 Å². The maximum Gasteiger partial charge on any atom is 0.192 e. The number of guanidine groups is 1. The van der Waals surface area contributed by atoms with E-state index in [1.165, 1.54) is 0 Å². The lowest BCUT2D eigenvalue weighted by atomic mass is 9.91. The van der Waals surface area contributed by atoms with Crippen LogP contribution in [0.5, 0.6) is 0 Å². The molecule has 0 bridgehead atoms. The van der Waals surface area contributed by atoms with E-state index in [1.807, 2.05) is 0 Å². The summed E-state index contributed by atoms with van der Waals surface area (Å²) in [5.41, 5.74) is 0.107. The first-order chi connectivity index (χ1) is 5.92. The van der Waals surface area contributed by atoms with Gasteiger partial charge >= 0.3 is 0 Å². The van der Waals surface area contributed by atoms with Gasteiger partial charge in [-0.15, -0.1) is 0 Å². The Bertz CT molecular complexity index is 206. The summed E-state index contributed by atoms with van der Waals surface area (Å²) in [4.78, 5) is 4.38. The summed E-state index contributed by atoms with van der Waals surface area (Å²) in [6.45, 7) is 11.9. The van der Waals surface area contributed by atoms with Crippen LogP contribution in [0.3, 0.4) is 0 Å². The van der Waals surface area contributed by atoms with Gasteiger partial charge in [0.25, 0.3) is 0 Å². The van der Waals surface area contributed by atoms with Crippen molar-refractivity contribution in [3.8, 4) is 0 Å². The average Bonchev–Trinajstić information content (AvgIpc) is 2.34. The molecular formula is C10H21N3. The van der Waals surface area contributed by atoms with E-state index in [4.69, 9.17) is 0 Å². The van der Waals surface area contributed by atoms with Crippen molar-refractivity contribution in [3.63, 3.8) is 0 Å². The lowest BCUT2D eigenvalue weighted by Crippen LogP contribution is -2.51. The second-order valence-corrected chi connectivity index (χ2v) is 4.74. The molecule has 0 aromatic rings. The van der Waals surface area contributed by atoms with Gasteiger partial charge in [-0.3, -0.25) is 4.99 Å². The van der Waals surface area contributed by atoms with Crippen LogP contribution in [0, 0.1) is 5.92 Å². The minimum absolute atomic E-state index is 0.107. The van der Waals surface area contributed by atoms with Gasteiger partial charge in [-0.2, -0.15) is 0 Å². The van der Waals surface area contributed by atoms with Crippen LogP contribution in [-0.2, 0) is 0 Å². The van der Waals surface area contributed by atoms with Crippen molar-refractivity contribution in [2.45, 2.75) is 46.2 Å². The Hall–Kier alpha value is -0.730. The first-order valence-electron chi connectivity index (χ1n) is 5.01. The first kappa shape index (κ1) is 10.4. The molecule has 2 N–H and O–H groups in total. The van der Waals surface area contributed by atoms with Gasteiger partial charge in [-0.25, -0.2) is 0 Å². The number of aliphatic imine (C=N–C) groups is 1. The minimum Gasteiger partial charge on any atom is -0.352 e. The fraction of sp³-hybridized carbons (Fsp3) is 0.900. The Morgan fingerprint density at radius 3 is 2.54 bits per heavy atom. The molecule has 0 fully saturated rings. The standard InChI is InChI=1S/C10H21N3/c1-7(2)10(4,5)13-9-11-6-8(3)12-9/h7-8H,6H2,1-5H3,(H2,11,12,13). The molecule has 1 heterocycles. The van der Waals surface area contributed by atoms with Crippen LogP contribution in [0.25, 0.3) is 0 Å². The van der Waals surface area contributed by atoms with Gasteiger partial charge in [0.05, 0.1) is 6.54 Å². The highest BCUT2D eigenvalue weighted by Crippen LogP contribution is 2.15. The van der Waals surface area contributed by atoms with Gasteiger partial charge < -0.3 is 10.6 Å². The van der Waals surface area contributed by atoms with Crippen LogP contribution in [-0.4, -0.2) is 24.1 Å². The Labute approximate surface area is 81.0 Å². The number of nitrogens with zero attached hydrogens (tertiary/aromatic N) is 1. The molecule has 76 valence electrons. The van der Waals surface area contributed by atoms with Crippen molar-refractivity contribution in [1.29, 1.82) is 0 Å². The van der Waals surface area contributed by atoms with Crippen molar-refractivity contribution in [3.05, 3.63) is 0 Å². The van der Waals surface area contributed by atoms with E-state index in [2.05, 4.69) is 50.2 Å². The minimum atomic E-state index is 0.107. The molecule has 0 radical (unpaired) electrons. The summed E-state index contributed by atoms with van der Waals surface area (Å²) in [6, 6.07) is 0.477. The van der Waals surface area contributed by atoms with Crippen molar-refractivity contribution >= 4 is 5.96 Å². The van der Waals surface area contributed by atoms with E-state index >= 15 is 0 Å². The normalized spacial score (nSPS) is 22.9. The monoisotopic (exact) mass is 183 g/mol. The van der Waals surface area contributed by atoms with Crippen molar-refractivity contribution in [2.75, 3.05) is 6.54 Å². The van der Waals surface area contributed by atoms with E-state index in [-0.39, 0.29) is 5.54 Å². The second-order valence-electron chi connectivity index (χ2n) is 4.74. The number of nitrogens with one attached hydrogen (secondary N) is 2. The molecular weight excluding hydrogens is 162 g/mol. The molecule has 0 saturated heterocycles. The van der Waals surface area contributed by atoms with Crippen LogP contribution in [0.4, 0.5) is 0 Å². The highest BCUT2D eigenvalue weighted by molar-refractivity contribution is 5.82. The second kappa shape index (κ2) is 3.56. The molecule has 0 saturated carbocycles. The first-order valence-corrected chi connectivity index (χ1v) is 5.01. The summed E-state index contributed by atoms with van der Waals surface area (Å²) in [5.74, 6) is 1.54. The Kier molecular flexibility index (Phi) is 2.84. The highest BCUT2D eigenvalue weighted by Gasteiger charge is 2.25. The maximum atomic E-state index is 4.38. The highest BCUT2D eigenvalue weighted by atomic mass is 15.3. The van der Waals surface area contributed by atoms with Crippen LogP contribution >= 0.6 is 0 Å². The Morgan fingerprint density at radius 2 is 2.15 bits per heavy atom. The molecule has 13 heavy (non-hydrogen) atoms.